The van der Waals surface area contributed by atoms with Crippen LogP contribution in [-0.4, -0.2) is 37.7 Å². The fourth-order valence-corrected chi connectivity index (χ4v) is 1.89. The van der Waals surface area contributed by atoms with Gasteiger partial charge in [-0.1, -0.05) is 11.6 Å². The Morgan fingerprint density at radius 2 is 2.25 bits per heavy atom. The van der Waals surface area contributed by atoms with Gasteiger partial charge in [-0.25, -0.2) is 9.37 Å². The first-order chi connectivity index (χ1) is 9.40. The van der Waals surface area contributed by atoms with Crippen molar-refractivity contribution in [3.8, 4) is 5.75 Å². The molecule has 1 aromatic heterocycles. The molecule has 0 atom stereocenters. The lowest BCUT2D eigenvalue weighted by atomic mass is 10.1. The first-order valence-corrected chi connectivity index (χ1v) is 6.04. The molecular weight excluding hydrogens is 287 g/mol. The minimum Gasteiger partial charge on any atom is -0.506 e. The summed E-state index contributed by atoms with van der Waals surface area (Å²) in [6.07, 6.45) is 1.37. The van der Waals surface area contributed by atoms with Gasteiger partial charge < -0.3 is 10.0 Å². The van der Waals surface area contributed by atoms with Crippen LogP contribution in [0.1, 0.15) is 16.2 Å². The van der Waals surface area contributed by atoms with Crippen molar-refractivity contribution in [2.75, 3.05) is 7.05 Å². The van der Waals surface area contributed by atoms with E-state index in [4.69, 9.17) is 11.6 Å². The highest BCUT2D eigenvalue weighted by Crippen LogP contribution is 2.29. The molecule has 0 aliphatic carbocycles. The van der Waals surface area contributed by atoms with Crippen molar-refractivity contribution in [2.24, 2.45) is 7.05 Å². The van der Waals surface area contributed by atoms with Crippen LogP contribution in [0.15, 0.2) is 18.5 Å². The number of aromatic hydroxyl groups is 1. The molecule has 0 spiro atoms. The number of carbonyl (C=O) groups excluding carboxylic acids is 1. The van der Waals surface area contributed by atoms with E-state index in [1.807, 2.05) is 0 Å². The van der Waals surface area contributed by atoms with E-state index >= 15 is 0 Å². The summed E-state index contributed by atoms with van der Waals surface area (Å²) < 4.78 is 14.8. The van der Waals surface area contributed by atoms with Gasteiger partial charge in [0.25, 0.3) is 5.91 Å². The smallest absolute Gasteiger partial charge is 0.257 e. The largest absolute Gasteiger partial charge is 0.506 e. The Balaban J connectivity index is 2.25. The molecule has 1 amide bonds. The van der Waals surface area contributed by atoms with E-state index in [-0.39, 0.29) is 17.1 Å². The van der Waals surface area contributed by atoms with Crippen molar-refractivity contribution in [3.63, 3.8) is 0 Å². The zero-order valence-electron chi connectivity index (χ0n) is 10.8. The van der Waals surface area contributed by atoms with Gasteiger partial charge >= 0.3 is 0 Å². The second kappa shape index (κ2) is 5.46. The van der Waals surface area contributed by atoms with Crippen molar-refractivity contribution in [3.05, 3.63) is 40.7 Å². The van der Waals surface area contributed by atoms with E-state index in [1.165, 1.54) is 23.0 Å². The fraction of sp³-hybridized carbons (Fsp3) is 0.250. The number of aryl methyl sites for hydroxylation is 1. The summed E-state index contributed by atoms with van der Waals surface area (Å²) in [5.74, 6) is -1.14. The fourth-order valence-electron chi connectivity index (χ4n) is 1.68. The van der Waals surface area contributed by atoms with Gasteiger partial charge in [0.2, 0.25) is 0 Å². The molecule has 0 saturated carbocycles. The lowest BCUT2D eigenvalue weighted by Gasteiger charge is -2.17. The molecule has 0 aliphatic heterocycles. The van der Waals surface area contributed by atoms with Crippen molar-refractivity contribution in [1.82, 2.24) is 19.7 Å². The highest BCUT2D eigenvalue weighted by molar-refractivity contribution is 6.32. The van der Waals surface area contributed by atoms with E-state index in [2.05, 4.69) is 10.1 Å². The first kappa shape index (κ1) is 14.3. The summed E-state index contributed by atoms with van der Waals surface area (Å²) in [6.45, 7) is 0.170. The number of phenolic OH excluding ortho intramolecular Hbond substituents is 1. The molecule has 1 N–H and O–H groups in total. The maximum absolute atomic E-state index is 13.3. The van der Waals surface area contributed by atoms with Crippen molar-refractivity contribution in [1.29, 1.82) is 0 Å². The molecule has 6 nitrogen and oxygen atoms in total. The topological polar surface area (TPSA) is 71.2 Å². The maximum atomic E-state index is 13.3. The van der Waals surface area contributed by atoms with E-state index in [0.29, 0.717) is 5.82 Å². The van der Waals surface area contributed by atoms with Gasteiger partial charge in [-0.2, -0.15) is 5.10 Å². The minimum absolute atomic E-state index is 0.170. The van der Waals surface area contributed by atoms with Gasteiger partial charge in [0.15, 0.2) is 0 Å². The van der Waals surface area contributed by atoms with Gasteiger partial charge in [-0.3, -0.25) is 9.48 Å². The quantitative estimate of drug-likeness (QED) is 0.934. The number of halogens is 2. The predicted molar refractivity (Wildman–Crippen MR) is 69.9 cm³/mol. The number of carbonyl (C=O) groups is 1. The first-order valence-electron chi connectivity index (χ1n) is 5.66. The monoisotopic (exact) mass is 298 g/mol. The number of hydrogen-bond acceptors (Lipinski definition) is 4. The molecular formula is C12H12ClFN4O2. The summed E-state index contributed by atoms with van der Waals surface area (Å²) in [5.41, 5.74) is -0.195. The molecule has 1 aromatic carbocycles. The standard InChI is InChI=1S/C12H12ClFN4O2/c1-17(5-10-15-6-16-18(10)2)12(20)8-3-7(14)4-9(13)11(8)19/h3-4,6,19H,5H2,1-2H3. The zero-order chi connectivity index (χ0) is 14.9. The molecule has 0 bridgehead atoms. The van der Waals surface area contributed by atoms with Gasteiger partial charge in [0.05, 0.1) is 17.1 Å². The van der Waals surface area contributed by atoms with Crippen LogP contribution in [0.3, 0.4) is 0 Å². The summed E-state index contributed by atoms with van der Waals surface area (Å²) in [5, 5.41) is 13.4. The summed E-state index contributed by atoms with van der Waals surface area (Å²) >= 11 is 5.65. The Morgan fingerprint density at radius 3 is 2.85 bits per heavy atom. The molecule has 0 fully saturated rings. The van der Waals surface area contributed by atoms with E-state index < -0.39 is 17.5 Å². The summed E-state index contributed by atoms with van der Waals surface area (Å²) in [7, 11) is 3.20. The zero-order valence-corrected chi connectivity index (χ0v) is 11.6. The van der Waals surface area contributed by atoms with Gasteiger partial charge in [0, 0.05) is 14.1 Å². The molecule has 20 heavy (non-hydrogen) atoms. The van der Waals surface area contributed by atoms with Crippen LogP contribution < -0.4 is 0 Å². The van der Waals surface area contributed by atoms with Crippen LogP contribution in [0.25, 0.3) is 0 Å². The van der Waals surface area contributed by atoms with Crippen molar-refractivity contribution in [2.45, 2.75) is 6.54 Å². The number of benzene rings is 1. The average molecular weight is 299 g/mol. The van der Waals surface area contributed by atoms with E-state index in [9.17, 15) is 14.3 Å². The second-order valence-electron chi connectivity index (χ2n) is 4.24. The Kier molecular flexibility index (Phi) is 3.89. The lowest BCUT2D eigenvalue weighted by molar-refractivity contribution is 0.0776. The Morgan fingerprint density at radius 1 is 1.55 bits per heavy atom. The van der Waals surface area contributed by atoms with Crippen LogP contribution in [0, 0.1) is 5.82 Å². The van der Waals surface area contributed by atoms with Gasteiger partial charge in [0.1, 0.15) is 23.7 Å². The summed E-state index contributed by atoms with van der Waals surface area (Å²) in [6, 6.07) is 1.88. The molecule has 0 radical (unpaired) electrons. The van der Waals surface area contributed by atoms with Crippen LogP contribution >= 0.6 is 11.6 Å². The second-order valence-corrected chi connectivity index (χ2v) is 4.65. The van der Waals surface area contributed by atoms with Gasteiger partial charge in [-0.15, -0.1) is 0 Å². The number of phenols is 1. The number of amides is 1. The third-order valence-corrected chi connectivity index (χ3v) is 3.08. The van der Waals surface area contributed by atoms with Crippen LogP contribution in [-0.2, 0) is 13.6 Å². The highest BCUT2D eigenvalue weighted by Gasteiger charge is 2.20. The molecule has 2 aromatic rings. The average Bonchev–Trinajstić information content (AvgIpc) is 2.78. The molecule has 0 aliphatic rings. The number of hydrogen-bond donors (Lipinski definition) is 1. The Bertz CT molecular complexity index is 659. The summed E-state index contributed by atoms with van der Waals surface area (Å²) in [4.78, 5) is 17.5. The van der Waals surface area contributed by atoms with Crippen LogP contribution in [0.2, 0.25) is 5.02 Å². The molecule has 1 heterocycles. The SMILES string of the molecule is CN(Cc1ncnn1C)C(=O)c1cc(F)cc(Cl)c1O. The maximum Gasteiger partial charge on any atom is 0.257 e. The molecule has 2 rings (SSSR count). The predicted octanol–water partition coefficient (Wildman–Crippen LogP) is 1.59. The number of rotatable bonds is 3. The number of nitrogens with zero attached hydrogens (tertiary/aromatic N) is 4. The molecule has 8 heteroatoms. The van der Waals surface area contributed by atoms with Gasteiger partial charge in [-0.05, 0) is 12.1 Å². The normalized spacial score (nSPS) is 10.6. The molecule has 0 saturated heterocycles. The molecule has 0 unspecified atom stereocenters. The Labute approximate surface area is 119 Å². The van der Waals surface area contributed by atoms with Crippen LogP contribution in [0.5, 0.6) is 5.75 Å². The number of aromatic nitrogens is 3. The third kappa shape index (κ3) is 2.72. The molecule has 106 valence electrons. The van der Waals surface area contributed by atoms with Crippen molar-refractivity contribution >= 4 is 17.5 Å². The van der Waals surface area contributed by atoms with E-state index in [0.717, 1.165) is 12.1 Å². The lowest BCUT2D eigenvalue weighted by Crippen LogP contribution is -2.27. The van der Waals surface area contributed by atoms with E-state index in [1.54, 1.807) is 7.05 Å². The van der Waals surface area contributed by atoms with Crippen LogP contribution in [0.4, 0.5) is 4.39 Å². The Hall–Kier alpha value is -2.15. The van der Waals surface area contributed by atoms with Crippen molar-refractivity contribution < 1.29 is 14.3 Å². The highest BCUT2D eigenvalue weighted by atomic mass is 35.5. The minimum atomic E-state index is -0.691. The third-order valence-electron chi connectivity index (χ3n) is 2.79.